The molecule has 2 heterocycles. The number of nitro groups is 1. The maximum atomic E-state index is 12.9. The number of anilines is 1. The van der Waals surface area contributed by atoms with E-state index in [0.29, 0.717) is 22.3 Å². The Balaban J connectivity index is 1.65. The fourth-order valence-corrected chi connectivity index (χ4v) is 4.14. The number of carbonyl (C=O) groups is 1. The van der Waals surface area contributed by atoms with Gasteiger partial charge in [0.1, 0.15) is 11.6 Å². The van der Waals surface area contributed by atoms with E-state index in [2.05, 4.69) is 10.3 Å². The average Bonchev–Trinajstić information content (AvgIpc) is 3.35. The van der Waals surface area contributed by atoms with Crippen molar-refractivity contribution in [3.8, 4) is 16.4 Å². The number of nitrogens with zero attached hydrogens (tertiary/aromatic N) is 4. The maximum absolute atomic E-state index is 12.9. The summed E-state index contributed by atoms with van der Waals surface area (Å²) in [6.45, 7) is 5.41. The van der Waals surface area contributed by atoms with E-state index in [-0.39, 0.29) is 11.3 Å². The number of imidazole rings is 1. The first-order valence-corrected chi connectivity index (χ1v) is 10.4. The standard InChI is InChI=1S/C22H19N5O3S/c1-13-7-9-16(10-8-13)18-12-31-22(24-18)26-15(3)23-11-20(26)25-21(28)17-5-4-6-19(14(17)2)27(29)30/h4-12H,1-3H3,(H,25,28). The van der Waals surface area contributed by atoms with Crippen molar-refractivity contribution in [2.24, 2.45) is 0 Å². The van der Waals surface area contributed by atoms with E-state index in [1.165, 1.54) is 29.0 Å². The highest BCUT2D eigenvalue weighted by Crippen LogP contribution is 2.28. The number of nitro benzene ring substituents is 1. The third kappa shape index (κ3) is 3.95. The van der Waals surface area contributed by atoms with Crippen molar-refractivity contribution in [1.29, 1.82) is 0 Å². The number of hydrogen-bond donors (Lipinski definition) is 1. The van der Waals surface area contributed by atoms with Crippen LogP contribution < -0.4 is 5.32 Å². The first kappa shape index (κ1) is 20.4. The lowest BCUT2D eigenvalue weighted by Crippen LogP contribution is -2.16. The number of benzene rings is 2. The fraction of sp³-hybridized carbons (Fsp3) is 0.136. The van der Waals surface area contributed by atoms with Crippen molar-refractivity contribution in [2.45, 2.75) is 20.8 Å². The van der Waals surface area contributed by atoms with Crippen LogP contribution in [0, 0.1) is 30.9 Å². The number of carbonyl (C=O) groups excluding carboxylic acids is 1. The van der Waals surface area contributed by atoms with Gasteiger partial charge in [0.05, 0.1) is 16.8 Å². The molecule has 4 aromatic rings. The summed E-state index contributed by atoms with van der Waals surface area (Å²) in [7, 11) is 0. The van der Waals surface area contributed by atoms with Gasteiger partial charge in [-0.2, -0.15) is 0 Å². The molecule has 0 aliphatic heterocycles. The second-order valence-electron chi connectivity index (χ2n) is 7.07. The number of thiazole rings is 1. The van der Waals surface area contributed by atoms with Gasteiger partial charge < -0.3 is 5.32 Å². The predicted octanol–water partition coefficient (Wildman–Crippen LogP) is 5.08. The van der Waals surface area contributed by atoms with E-state index in [4.69, 9.17) is 4.98 Å². The smallest absolute Gasteiger partial charge is 0.273 e. The Morgan fingerprint density at radius 2 is 1.87 bits per heavy atom. The van der Waals surface area contributed by atoms with Crippen molar-refractivity contribution in [1.82, 2.24) is 14.5 Å². The molecule has 0 fully saturated rings. The first-order valence-electron chi connectivity index (χ1n) is 9.48. The van der Waals surface area contributed by atoms with Crippen molar-refractivity contribution in [2.75, 3.05) is 5.32 Å². The number of amides is 1. The lowest BCUT2D eigenvalue weighted by molar-refractivity contribution is -0.385. The number of rotatable bonds is 5. The van der Waals surface area contributed by atoms with Gasteiger partial charge in [-0.25, -0.2) is 9.97 Å². The zero-order chi connectivity index (χ0) is 22.1. The zero-order valence-corrected chi connectivity index (χ0v) is 17.9. The van der Waals surface area contributed by atoms with Gasteiger partial charge in [0.15, 0.2) is 5.13 Å². The van der Waals surface area contributed by atoms with Crippen LogP contribution in [-0.4, -0.2) is 25.4 Å². The Morgan fingerprint density at radius 3 is 2.58 bits per heavy atom. The second kappa shape index (κ2) is 8.11. The SMILES string of the molecule is Cc1ccc(-c2csc(-n3c(NC(=O)c4cccc([N+](=O)[O-])c4C)cnc3C)n2)cc1. The molecular weight excluding hydrogens is 414 g/mol. The van der Waals surface area contributed by atoms with Gasteiger partial charge in [-0.05, 0) is 26.8 Å². The van der Waals surface area contributed by atoms with Gasteiger partial charge in [0.25, 0.3) is 11.6 Å². The largest absolute Gasteiger partial charge is 0.306 e. The highest BCUT2D eigenvalue weighted by atomic mass is 32.1. The van der Waals surface area contributed by atoms with E-state index < -0.39 is 10.8 Å². The summed E-state index contributed by atoms with van der Waals surface area (Å²) in [6, 6.07) is 12.5. The summed E-state index contributed by atoms with van der Waals surface area (Å²) < 4.78 is 1.76. The minimum atomic E-state index is -0.497. The first-order chi connectivity index (χ1) is 14.8. The third-order valence-electron chi connectivity index (χ3n) is 4.96. The number of aromatic nitrogens is 3. The maximum Gasteiger partial charge on any atom is 0.273 e. The summed E-state index contributed by atoms with van der Waals surface area (Å²) in [5, 5.41) is 16.6. The molecule has 0 saturated heterocycles. The number of hydrogen-bond acceptors (Lipinski definition) is 6. The molecule has 9 heteroatoms. The van der Waals surface area contributed by atoms with E-state index in [1.54, 1.807) is 23.8 Å². The van der Waals surface area contributed by atoms with E-state index in [1.807, 2.05) is 43.5 Å². The molecule has 2 aromatic carbocycles. The molecule has 0 aliphatic rings. The van der Waals surface area contributed by atoms with Gasteiger partial charge in [-0.1, -0.05) is 35.9 Å². The van der Waals surface area contributed by atoms with Crippen molar-refractivity contribution >= 4 is 28.7 Å². The minimum Gasteiger partial charge on any atom is -0.306 e. The number of nitrogens with one attached hydrogen (secondary N) is 1. The Bertz CT molecular complexity index is 1290. The van der Waals surface area contributed by atoms with Crippen LogP contribution in [0.25, 0.3) is 16.4 Å². The Morgan fingerprint density at radius 1 is 1.13 bits per heavy atom. The van der Waals surface area contributed by atoms with E-state index in [9.17, 15) is 14.9 Å². The Hall–Kier alpha value is -3.85. The molecule has 8 nitrogen and oxygen atoms in total. The van der Waals surface area contributed by atoms with Gasteiger partial charge in [-0.15, -0.1) is 11.3 Å². The summed E-state index contributed by atoms with van der Waals surface area (Å²) in [4.78, 5) is 32.6. The van der Waals surface area contributed by atoms with E-state index in [0.717, 1.165) is 11.3 Å². The third-order valence-corrected chi connectivity index (χ3v) is 5.78. The van der Waals surface area contributed by atoms with Crippen molar-refractivity contribution < 1.29 is 9.72 Å². The summed E-state index contributed by atoms with van der Waals surface area (Å²) in [5.74, 6) is 0.659. The molecule has 4 rings (SSSR count). The second-order valence-corrected chi connectivity index (χ2v) is 7.90. The molecule has 0 spiro atoms. The molecule has 0 radical (unpaired) electrons. The van der Waals surface area contributed by atoms with Crippen molar-refractivity contribution in [3.05, 3.63) is 86.7 Å². The zero-order valence-electron chi connectivity index (χ0n) is 17.1. The monoisotopic (exact) mass is 433 g/mol. The van der Waals surface area contributed by atoms with Crippen LogP contribution in [0.4, 0.5) is 11.5 Å². The van der Waals surface area contributed by atoms with Gasteiger partial charge in [0, 0.05) is 28.1 Å². The lowest BCUT2D eigenvalue weighted by Gasteiger charge is -2.10. The van der Waals surface area contributed by atoms with E-state index >= 15 is 0 Å². The quantitative estimate of drug-likeness (QED) is 0.349. The molecule has 31 heavy (non-hydrogen) atoms. The molecule has 1 amide bonds. The molecule has 2 aromatic heterocycles. The fourth-order valence-electron chi connectivity index (χ4n) is 3.25. The van der Waals surface area contributed by atoms with Crippen LogP contribution in [0.2, 0.25) is 0 Å². The molecular formula is C22H19N5O3S. The van der Waals surface area contributed by atoms with Crippen LogP contribution in [0.15, 0.2) is 54.0 Å². The highest BCUT2D eigenvalue weighted by molar-refractivity contribution is 7.12. The van der Waals surface area contributed by atoms with Gasteiger partial charge >= 0.3 is 0 Å². The normalized spacial score (nSPS) is 10.8. The molecule has 156 valence electrons. The van der Waals surface area contributed by atoms with Gasteiger partial charge in [0.2, 0.25) is 0 Å². The molecule has 0 unspecified atom stereocenters. The minimum absolute atomic E-state index is 0.0972. The topological polar surface area (TPSA) is 103 Å². The Kier molecular flexibility index (Phi) is 5.35. The molecule has 1 N–H and O–H groups in total. The number of aryl methyl sites for hydroxylation is 2. The Labute approximate surface area is 182 Å². The predicted molar refractivity (Wildman–Crippen MR) is 120 cm³/mol. The summed E-state index contributed by atoms with van der Waals surface area (Å²) >= 11 is 1.44. The lowest BCUT2D eigenvalue weighted by atomic mass is 10.1. The van der Waals surface area contributed by atoms with Crippen molar-refractivity contribution in [3.63, 3.8) is 0 Å². The highest BCUT2D eigenvalue weighted by Gasteiger charge is 2.20. The summed E-state index contributed by atoms with van der Waals surface area (Å²) in [6.07, 6.45) is 1.55. The van der Waals surface area contributed by atoms with Crippen LogP contribution in [0.5, 0.6) is 0 Å². The molecule has 0 atom stereocenters. The molecule has 0 aliphatic carbocycles. The van der Waals surface area contributed by atoms with Crippen LogP contribution >= 0.6 is 11.3 Å². The van der Waals surface area contributed by atoms with Crippen LogP contribution in [-0.2, 0) is 0 Å². The van der Waals surface area contributed by atoms with Gasteiger partial charge in [-0.3, -0.25) is 19.5 Å². The molecule has 0 saturated carbocycles. The average molecular weight is 433 g/mol. The summed E-state index contributed by atoms with van der Waals surface area (Å²) in [5.41, 5.74) is 3.46. The molecule has 0 bridgehead atoms. The van der Waals surface area contributed by atoms with Crippen LogP contribution in [0.3, 0.4) is 0 Å². The van der Waals surface area contributed by atoms with Crippen LogP contribution in [0.1, 0.15) is 27.3 Å².